The highest BCUT2D eigenvalue weighted by molar-refractivity contribution is 6.11. The van der Waals surface area contributed by atoms with Gasteiger partial charge in [-0.15, -0.1) is 0 Å². The van der Waals surface area contributed by atoms with E-state index >= 15 is 0 Å². The van der Waals surface area contributed by atoms with Gasteiger partial charge in [-0.1, -0.05) is 0 Å². The molecule has 1 aliphatic heterocycles. The number of hydrogen-bond acceptors (Lipinski definition) is 4. The van der Waals surface area contributed by atoms with E-state index in [1.54, 1.807) is 13.0 Å². The molecule has 0 saturated carbocycles. The van der Waals surface area contributed by atoms with Gasteiger partial charge in [0, 0.05) is 12.3 Å². The van der Waals surface area contributed by atoms with E-state index < -0.39 is 11.9 Å². The number of nitrogens with zero attached hydrogens (tertiary/aromatic N) is 1. The molecule has 0 saturated heterocycles. The van der Waals surface area contributed by atoms with Crippen LogP contribution in [0.2, 0.25) is 0 Å². The molecule has 0 radical (unpaired) electrons. The molecule has 5 nitrogen and oxygen atoms in total. The second-order valence-electron chi connectivity index (χ2n) is 3.02. The van der Waals surface area contributed by atoms with Crippen LogP contribution < -0.4 is 0 Å². The van der Waals surface area contributed by atoms with Crippen molar-refractivity contribution in [1.29, 1.82) is 0 Å². The van der Waals surface area contributed by atoms with E-state index in [-0.39, 0.29) is 5.78 Å². The van der Waals surface area contributed by atoms with Gasteiger partial charge in [0.1, 0.15) is 5.76 Å². The lowest BCUT2D eigenvalue weighted by atomic mass is 9.98. The monoisotopic (exact) mass is 192 g/mol. The van der Waals surface area contributed by atoms with E-state index in [4.69, 9.17) is 4.74 Å². The Morgan fingerprint density at radius 3 is 2.86 bits per heavy atom. The van der Waals surface area contributed by atoms with Crippen molar-refractivity contribution in [2.75, 3.05) is 0 Å². The third-order valence-electron chi connectivity index (χ3n) is 1.96. The van der Waals surface area contributed by atoms with Gasteiger partial charge in [-0.2, -0.15) is 5.10 Å². The quantitative estimate of drug-likeness (QED) is 0.520. The van der Waals surface area contributed by atoms with Crippen LogP contribution >= 0.6 is 0 Å². The Morgan fingerprint density at radius 1 is 1.50 bits per heavy atom. The lowest BCUT2D eigenvalue weighted by Gasteiger charge is -2.16. The van der Waals surface area contributed by atoms with Gasteiger partial charge in [0.25, 0.3) is 0 Å². The van der Waals surface area contributed by atoms with Crippen LogP contribution in [0.4, 0.5) is 0 Å². The van der Waals surface area contributed by atoms with Gasteiger partial charge < -0.3 is 4.74 Å². The number of aromatic nitrogens is 2. The summed E-state index contributed by atoms with van der Waals surface area (Å²) in [5.74, 6) is -1.39. The van der Waals surface area contributed by atoms with Gasteiger partial charge in [0.05, 0.1) is 5.69 Å². The van der Waals surface area contributed by atoms with Crippen molar-refractivity contribution in [3.63, 3.8) is 0 Å². The van der Waals surface area contributed by atoms with Crippen LogP contribution in [0.5, 0.6) is 0 Å². The van der Waals surface area contributed by atoms with Crippen LogP contribution in [0.1, 0.15) is 18.5 Å². The average Bonchev–Trinajstić information content (AvgIpc) is 2.54. The van der Waals surface area contributed by atoms with Crippen LogP contribution in [0, 0.1) is 0 Å². The number of cyclic esters (lactones) is 1. The highest BCUT2D eigenvalue weighted by atomic mass is 16.5. The zero-order valence-corrected chi connectivity index (χ0v) is 7.48. The first-order valence-corrected chi connectivity index (χ1v) is 4.11. The van der Waals surface area contributed by atoms with Crippen LogP contribution in [0.15, 0.2) is 24.1 Å². The molecule has 2 heterocycles. The molecule has 0 spiro atoms. The summed E-state index contributed by atoms with van der Waals surface area (Å²) in [5, 5.41) is 6.26. The molecule has 72 valence electrons. The molecule has 2 rings (SSSR count). The molecule has 1 aliphatic rings. The van der Waals surface area contributed by atoms with Gasteiger partial charge in [0.2, 0.25) is 0 Å². The van der Waals surface area contributed by atoms with Crippen molar-refractivity contribution in [2.45, 2.75) is 12.8 Å². The predicted octanol–water partition coefficient (Wildman–Crippen LogP) is 0.523. The molecule has 0 bridgehead atoms. The number of ketones is 1. The Balaban J connectivity index is 2.37. The zero-order valence-electron chi connectivity index (χ0n) is 7.48. The fourth-order valence-corrected chi connectivity index (χ4v) is 1.35. The summed E-state index contributed by atoms with van der Waals surface area (Å²) in [4.78, 5) is 22.9. The zero-order chi connectivity index (χ0) is 10.1. The number of carbonyl (C=O) groups excluding carboxylic acids is 2. The van der Waals surface area contributed by atoms with Crippen molar-refractivity contribution in [2.24, 2.45) is 0 Å². The van der Waals surface area contributed by atoms with Gasteiger partial charge in [-0.25, -0.2) is 0 Å². The Bertz CT molecular complexity index is 406. The SMILES string of the molecule is CC1=CC(=O)[C@H](c2ccn[nH]2)C(=O)O1. The highest BCUT2D eigenvalue weighted by Gasteiger charge is 2.33. The van der Waals surface area contributed by atoms with E-state index in [1.807, 2.05) is 0 Å². The summed E-state index contributed by atoms with van der Waals surface area (Å²) in [6, 6.07) is 1.58. The molecule has 0 aromatic carbocycles. The van der Waals surface area contributed by atoms with E-state index in [2.05, 4.69) is 10.2 Å². The predicted molar refractivity (Wildman–Crippen MR) is 46.2 cm³/mol. The lowest BCUT2D eigenvalue weighted by molar-refractivity contribution is -0.145. The fraction of sp³-hybridized carbons (Fsp3) is 0.222. The van der Waals surface area contributed by atoms with Gasteiger partial charge in [-0.3, -0.25) is 14.7 Å². The van der Waals surface area contributed by atoms with Crippen LogP contribution in [-0.2, 0) is 14.3 Å². The maximum Gasteiger partial charge on any atom is 0.328 e. The van der Waals surface area contributed by atoms with E-state index in [0.717, 1.165) is 0 Å². The number of hydrogen-bond donors (Lipinski definition) is 1. The molecule has 1 atom stereocenters. The van der Waals surface area contributed by atoms with Gasteiger partial charge in [0.15, 0.2) is 11.7 Å². The van der Waals surface area contributed by atoms with Gasteiger partial charge >= 0.3 is 5.97 Å². The largest absolute Gasteiger partial charge is 0.430 e. The smallest absolute Gasteiger partial charge is 0.328 e. The first-order valence-electron chi connectivity index (χ1n) is 4.11. The lowest BCUT2D eigenvalue weighted by Crippen LogP contribution is -2.27. The van der Waals surface area contributed by atoms with Crippen LogP contribution in [0.25, 0.3) is 0 Å². The summed E-state index contributed by atoms with van der Waals surface area (Å²) in [5.41, 5.74) is 0.462. The van der Waals surface area contributed by atoms with Crippen molar-refractivity contribution in [3.8, 4) is 0 Å². The molecule has 0 unspecified atom stereocenters. The summed E-state index contributed by atoms with van der Waals surface area (Å²) in [6.07, 6.45) is 2.80. The van der Waals surface area contributed by atoms with Crippen LogP contribution in [0.3, 0.4) is 0 Å². The standard InChI is InChI=1S/C9H8N2O3/c1-5-4-7(12)8(9(13)14-5)6-2-3-10-11-6/h2-4,8H,1H3,(H,10,11)/t8-/m0/s1. The van der Waals surface area contributed by atoms with Crippen molar-refractivity contribution in [3.05, 3.63) is 29.8 Å². The molecular formula is C9H8N2O3. The molecule has 1 N–H and O–H groups in total. The summed E-state index contributed by atoms with van der Waals surface area (Å²) in [7, 11) is 0. The third kappa shape index (κ3) is 1.32. The number of rotatable bonds is 1. The minimum absolute atomic E-state index is 0.275. The number of carbonyl (C=O) groups is 2. The number of H-pyrrole nitrogens is 1. The van der Waals surface area contributed by atoms with E-state index in [9.17, 15) is 9.59 Å². The number of allylic oxidation sites excluding steroid dienone is 2. The van der Waals surface area contributed by atoms with Crippen molar-refractivity contribution < 1.29 is 14.3 Å². The molecule has 0 amide bonds. The minimum atomic E-state index is -0.888. The Labute approximate surface area is 79.8 Å². The Kier molecular flexibility index (Phi) is 1.92. The number of esters is 1. The molecule has 14 heavy (non-hydrogen) atoms. The average molecular weight is 192 g/mol. The molecule has 1 aromatic rings. The number of ether oxygens (including phenoxy) is 1. The van der Waals surface area contributed by atoms with Crippen molar-refractivity contribution >= 4 is 11.8 Å². The first kappa shape index (κ1) is 8.68. The minimum Gasteiger partial charge on any atom is -0.430 e. The molecule has 5 heteroatoms. The molecular weight excluding hydrogens is 184 g/mol. The summed E-state index contributed by atoms with van der Waals surface area (Å²) < 4.78 is 4.85. The van der Waals surface area contributed by atoms with Crippen LogP contribution in [-0.4, -0.2) is 21.9 Å². The molecule has 0 fully saturated rings. The second-order valence-corrected chi connectivity index (χ2v) is 3.02. The van der Waals surface area contributed by atoms with Crippen molar-refractivity contribution in [1.82, 2.24) is 10.2 Å². The van der Waals surface area contributed by atoms with E-state index in [1.165, 1.54) is 12.3 Å². The Morgan fingerprint density at radius 2 is 2.29 bits per heavy atom. The fourth-order valence-electron chi connectivity index (χ4n) is 1.35. The number of nitrogens with one attached hydrogen (secondary N) is 1. The normalized spacial score (nSPS) is 21.8. The summed E-state index contributed by atoms with van der Waals surface area (Å²) >= 11 is 0. The molecule has 1 aromatic heterocycles. The maximum atomic E-state index is 11.5. The third-order valence-corrected chi connectivity index (χ3v) is 1.96. The van der Waals surface area contributed by atoms with Gasteiger partial charge in [-0.05, 0) is 13.0 Å². The van der Waals surface area contributed by atoms with E-state index in [0.29, 0.717) is 11.5 Å². The topological polar surface area (TPSA) is 72.0 Å². The maximum absolute atomic E-state index is 11.5. The summed E-state index contributed by atoms with van der Waals surface area (Å²) in [6.45, 7) is 1.57. The second kappa shape index (κ2) is 3.10. The first-order chi connectivity index (χ1) is 6.68. The highest BCUT2D eigenvalue weighted by Crippen LogP contribution is 2.22. The Hall–Kier alpha value is -1.91. The molecule has 0 aliphatic carbocycles. The number of aromatic amines is 1.